The van der Waals surface area contributed by atoms with Gasteiger partial charge in [0.15, 0.2) is 0 Å². The average molecular weight is 395 g/mol. The maximum absolute atomic E-state index is 12.5. The zero-order chi connectivity index (χ0) is 20.8. The number of para-hydroxylation sites is 1. The van der Waals surface area contributed by atoms with E-state index in [4.69, 9.17) is 10.3 Å². The van der Waals surface area contributed by atoms with Gasteiger partial charge >= 0.3 is 0 Å². The van der Waals surface area contributed by atoms with Gasteiger partial charge in [0.1, 0.15) is 5.76 Å². The van der Waals surface area contributed by atoms with Crippen molar-refractivity contribution in [2.75, 3.05) is 0 Å². The van der Waals surface area contributed by atoms with Gasteiger partial charge in [-0.2, -0.15) is 0 Å². The monoisotopic (exact) mass is 395 g/mol. The summed E-state index contributed by atoms with van der Waals surface area (Å²) in [6.45, 7) is 4.47. The SMILES string of the molecule is Cc1noc(C)c1-c1cc(C(N)=O)c2c3ccccc3n(Cc3ccccc3)c2c1. The molecule has 30 heavy (non-hydrogen) atoms. The molecule has 0 atom stereocenters. The lowest BCUT2D eigenvalue weighted by Gasteiger charge is -2.10. The van der Waals surface area contributed by atoms with Crippen molar-refractivity contribution in [3.63, 3.8) is 0 Å². The Labute approximate surface area is 173 Å². The molecule has 3 aromatic carbocycles. The highest BCUT2D eigenvalue weighted by atomic mass is 16.5. The van der Waals surface area contributed by atoms with Crippen LogP contribution in [0.15, 0.2) is 71.3 Å². The molecule has 2 heterocycles. The van der Waals surface area contributed by atoms with Crippen molar-refractivity contribution < 1.29 is 9.32 Å². The van der Waals surface area contributed by atoms with Gasteiger partial charge in [-0.05, 0) is 43.2 Å². The summed E-state index contributed by atoms with van der Waals surface area (Å²) in [6.07, 6.45) is 0. The van der Waals surface area contributed by atoms with Crippen LogP contribution in [-0.4, -0.2) is 15.6 Å². The Balaban J connectivity index is 1.89. The molecule has 0 fully saturated rings. The number of rotatable bonds is 4. The number of benzene rings is 3. The number of hydrogen-bond donors (Lipinski definition) is 1. The molecule has 0 aliphatic carbocycles. The lowest BCUT2D eigenvalue weighted by molar-refractivity contribution is 0.100. The number of primary amides is 1. The molecule has 5 heteroatoms. The van der Waals surface area contributed by atoms with Crippen LogP contribution in [0, 0.1) is 13.8 Å². The highest BCUT2D eigenvalue weighted by Crippen LogP contribution is 2.37. The van der Waals surface area contributed by atoms with Crippen LogP contribution in [0.25, 0.3) is 32.9 Å². The summed E-state index contributed by atoms with van der Waals surface area (Å²) in [5, 5.41) is 5.98. The third kappa shape index (κ3) is 2.78. The Kier molecular flexibility index (Phi) is 4.17. The Morgan fingerprint density at radius 3 is 2.43 bits per heavy atom. The molecule has 0 aliphatic rings. The minimum absolute atomic E-state index is 0.448. The molecule has 148 valence electrons. The van der Waals surface area contributed by atoms with Gasteiger partial charge in [0.25, 0.3) is 0 Å². The van der Waals surface area contributed by atoms with Gasteiger partial charge in [0.05, 0.1) is 11.2 Å². The Morgan fingerprint density at radius 1 is 1.00 bits per heavy atom. The van der Waals surface area contributed by atoms with Gasteiger partial charge in [-0.15, -0.1) is 0 Å². The fraction of sp³-hybridized carbons (Fsp3) is 0.120. The normalized spacial score (nSPS) is 11.4. The predicted octanol–water partition coefficient (Wildman–Crippen LogP) is 5.21. The van der Waals surface area contributed by atoms with E-state index in [0.717, 1.165) is 38.6 Å². The first kappa shape index (κ1) is 18.2. The van der Waals surface area contributed by atoms with E-state index in [9.17, 15) is 4.79 Å². The Hall–Kier alpha value is -3.86. The van der Waals surface area contributed by atoms with Gasteiger partial charge < -0.3 is 14.8 Å². The molecule has 5 nitrogen and oxygen atoms in total. The van der Waals surface area contributed by atoms with E-state index >= 15 is 0 Å². The molecule has 0 saturated heterocycles. The predicted molar refractivity (Wildman–Crippen MR) is 118 cm³/mol. The first-order valence-electron chi connectivity index (χ1n) is 9.86. The maximum atomic E-state index is 12.5. The molecule has 2 aromatic heterocycles. The molecule has 0 bridgehead atoms. The topological polar surface area (TPSA) is 74.1 Å². The number of nitrogens with two attached hydrogens (primary N) is 1. The highest BCUT2D eigenvalue weighted by molar-refractivity contribution is 6.19. The van der Waals surface area contributed by atoms with E-state index in [1.807, 2.05) is 56.3 Å². The van der Waals surface area contributed by atoms with E-state index in [1.165, 1.54) is 5.56 Å². The second kappa shape index (κ2) is 6.88. The Bertz CT molecular complexity index is 1390. The number of carbonyl (C=O) groups excluding carboxylic acids is 1. The summed E-state index contributed by atoms with van der Waals surface area (Å²) in [6, 6.07) is 22.4. The highest BCUT2D eigenvalue weighted by Gasteiger charge is 2.21. The number of amides is 1. The van der Waals surface area contributed by atoms with Crippen molar-refractivity contribution >= 4 is 27.7 Å². The molecule has 5 rings (SSSR count). The number of fused-ring (bicyclic) bond motifs is 3. The fourth-order valence-electron chi connectivity index (χ4n) is 4.34. The molecule has 0 saturated carbocycles. The van der Waals surface area contributed by atoms with Gasteiger partial charge in [-0.25, -0.2) is 0 Å². The van der Waals surface area contributed by atoms with Crippen molar-refractivity contribution in [1.29, 1.82) is 0 Å². The van der Waals surface area contributed by atoms with E-state index in [2.05, 4.69) is 34.0 Å². The fourth-order valence-corrected chi connectivity index (χ4v) is 4.34. The number of aromatic nitrogens is 2. The number of aryl methyl sites for hydroxylation is 2. The summed E-state index contributed by atoms with van der Waals surface area (Å²) < 4.78 is 7.62. The van der Waals surface area contributed by atoms with Crippen LogP contribution in [0.5, 0.6) is 0 Å². The summed E-state index contributed by atoms with van der Waals surface area (Å²) in [5.74, 6) is 0.268. The van der Waals surface area contributed by atoms with Gasteiger partial charge in [0.2, 0.25) is 5.91 Å². The Morgan fingerprint density at radius 2 is 1.73 bits per heavy atom. The standard InChI is InChI=1S/C25H21N3O2/c1-15-23(16(2)30-27-15)18-12-20(25(26)29)24-19-10-6-7-11-21(19)28(22(24)13-18)14-17-8-4-3-5-9-17/h3-13H,14H2,1-2H3,(H2,26,29). The quantitative estimate of drug-likeness (QED) is 0.454. The first-order valence-corrected chi connectivity index (χ1v) is 9.86. The second-order valence-corrected chi connectivity index (χ2v) is 7.57. The van der Waals surface area contributed by atoms with Crippen LogP contribution >= 0.6 is 0 Å². The summed E-state index contributed by atoms with van der Waals surface area (Å²) in [7, 11) is 0. The number of hydrogen-bond acceptors (Lipinski definition) is 3. The molecule has 1 amide bonds. The van der Waals surface area contributed by atoms with Crippen molar-refractivity contribution in [3.8, 4) is 11.1 Å². The smallest absolute Gasteiger partial charge is 0.249 e. The van der Waals surface area contributed by atoms with Gasteiger partial charge in [-0.3, -0.25) is 4.79 Å². The third-order valence-electron chi connectivity index (χ3n) is 5.64. The van der Waals surface area contributed by atoms with E-state index in [0.29, 0.717) is 17.9 Å². The summed E-state index contributed by atoms with van der Waals surface area (Å²) >= 11 is 0. The maximum Gasteiger partial charge on any atom is 0.249 e. The zero-order valence-corrected chi connectivity index (χ0v) is 16.8. The van der Waals surface area contributed by atoms with Crippen LogP contribution in [0.1, 0.15) is 27.4 Å². The minimum atomic E-state index is -0.448. The van der Waals surface area contributed by atoms with E-state index < -0.39 is 5.91 Å². The largest absolute Gasteiger partial charge is 0.366 e. The minimum Gasteiger partial charge on any atom is -0.366 e. The molecule has 0 unspecified atom stereocenters. The molecular formula is C25H21N3O2. The molecule has 5 aromatic rings. The van der Waals surface area contributed by atoms with Gasteiger partial charge in [0, 0.05) is 34.0 Å². The van der Waals surface area contributed by atoms with Crippen LogP contribution in [0.4, 0.5) is 0 Å². The molecule has 2 N–H and O–H groups in total. The zero-order valence-electron chi connectivity index (χ0n) is 16.8. The lowest BCUT2D eigenvalue weighted by Crippen LogP contribution is -2.12. The van der Waals surface area contributed by atoms with E-state index in [1.54, 1.807) is 0 Å². The lowest BCUT2D eigenvalue weighted by atomic mass is 9.97. The van der Waals surface area contributed by atoms with Crippen LogP contribution in [0.2, 0.25) is 0 Å². The van der Waals surface area contributed by atoms with Crippen molar-refractivity contribution in [1.82, 2.24) is 9.72 Å². The summed E-state index contributed by atoms with van der Waals surface area (Å²) in [4.78, 5) is 12.5. The third-order valence-corrected chi connectivity index (χ3v) is 5.64. The van der Waals surface area contributed by atoms with Crippen molar-refractivity contribution in [3.05, 3.63) is 89.3 Å². The molecule has 0 aliphatic heterocycles. The first-order chi connectivity index (χ1) is 14.5. The van der Waals surface area contributed by atoms with E-state index in [-0.39, 0.29) is 0 Å². The van der Waals surface area contributed by atoms with Crippen molar-refractivity contribution in [2.24, 2.45) is 5.73 Å². The molecule has 0 radical (unpaired) electrons. The van der Waals surface area contributed by atoms with Crippen LogP contribution < -0.4 is 5.73 Å². The summed E-state index contributed by atoms with van der Waals surface area (Å²) in [5.41, 5.74) is 12.1. The number of nitrogens with zero attached hydrogens (tertiary/aromatic N) is 2. The molecular weight excluding hydrogens is 374 g/mol. The average Bonchev–Trinajstić information content (AvgIpc) is 3.25. The van der Waals surface area contributed by atoms with Crippen LogP contribution in [-0.2, 0) is 6.54 Å². The van der Waals surface area contributed by atoms with Gasteiger partial charge in [-0.1, -0.05) is 53.7 Å². The second-order valence-electron chi connectivity index (χ2n) is 7.57. The van der Waals surface area contributed by atoms with Crippen LogP contribution in [0.3, 0.4) is 0 Å². The van der Waals surface area contributed by atoms with Crippen molar-refractivity contribution in [2.45, 2.75) is 20.4 Å². The number of carbonyl (C=O) groups is 1. The molecule has 0 spiro atoms.